The van der Waals surface area contributed by atoms with Gasteiger partial charge in [-0.25, -0.2) is 9.59 Å². The fourth-order valence-electron chi connectivity index (χ4n) is 2.51. The predicted octanol–water partition coefficient (Wildman–Crippen LogP) is 7.12. The second-order valence-corrected chi connectivity index (χ2v) is 7.36. The Balaban J connectivity index is 3.71. The van der Waals surface area contributed by atoms with Gasteiger partial charge in [-0.3, -0.25) is 0 Å². The minimum absolute atomic E-state index is 0.198. The lowest BCUT2D eigenvalue weighted by atomic mass is 9.91. The van der Waals surface area contributed by atoms with Crippen LogP contribution in [0.15, 0.2) is 30.0 Å². The van der Waals surface area contributed by atoms with Crippen LogP contribution in [-0.2, 0) is 9.47 Å². The minimum atomic E-state index is -8.73. The maximum Gasteiger partial charge on any atom is 0.460 e. The Hall–Kier alpha value is -3.49. The molecule has 5 nitrogen and oxygen atoms in total. The third-order valence-electron chi connectivity index (χ3n) is 4.73. The maximum absolute atomic E-state index is 14.0. The summed E-state index contributed by atoms with van der Waals surface area (Å²) in [7, 11) is 1.39. The molecule has 1 aromatic rings. The van der Waals surface area contributed by atoms with Crippen molar-refractivity contribution in [2.45, 2.75) is 41.7 Å². The van der Waals surface area contributed by atoms with Gasteiger partial charge in [0, 0.05) is 0 Å². The van der Waals surface area contributed by atoms with Gasteiger partial charge in [0.1, 0.15) is 5.75 Å². The van der Waals surface area contributed by atoms with Crippen LogP contribution in [0.2, 0.25) is 0 Å². The largest absolute Gasteiger partial charge is 0.465 e. The van der Waals surface area contributed by atoms with Crippen LogP contribution in [0.1, 0.15) is 20.7 Å². The molecule has 0 unspecified atom stereocenters. The van der Waals surface area contributed by atoms with Gasteiger partial charge >= 0.3 is 59.7 Å². The highest BCUT2D eigenvalue weighted by Crippen LogP contribution is 2.63. The van der Waals surface area contributed by atoms with E-state index in [1.54, 1.807) is 0 Å². The second-order valence-electron chi connectivity index (χ2n) is 7.36. The molecule has 0 atom stereocenters. The van der Waals surface area contributed by atoms with Gasteiger partial charge in [0.2, 0.25) is 5.83 Å². The summed E-state index contributed by atoms with van der Waals surface area (Å²) in [4.78, 5) is 23.2. The van der Waals surface area contributed by atoms with E-state index in [9.17, 15) is 84.2 Å². The zero-order chi connectivity index (χ0) is 32.8. The average Bonchev–Trinajstić information content (AvgIpc) is 2.85. The Bertz CT molecular complexity index is 1170. The molecule has 0 heterocycles. The number of halogens is 17. The lowest BCUT2D eigenvalue weighted by Gasteiger charge is -2.41. The fourth-order valence-corrected chi connectivity index (χ4v) is 2.51. The van der Waals surface area contributed by atoms with Gasteiger partial charge in [-0.05, 0) is 18.2 Å². The van der Waals surface area contributed by atoms with Crippen molar-refractivity contribution in [3.8, 4) is 5.75 Å². The lowest BCUT2D eigenvalue weighted by Crippen LogP contribution is -2.72. The molecule has 0 N–H and O–H groups in total. The molecule has 0 amide bonds. The van der Waals surface area contributed by atoms with E-state index in [-0.39, 0.29) is 12.1 Å². The molecule has 0 spiro atoms. The number of hydrogen-bond acceptors (Lipinski definition) is 5. The van der Waals surface area contributed by atoms with Gasteiger partial charge < -0.3 is 14.2 Å². The monoisotopic (exact) mass is 640 g/mol. The molecular weight excluding hydrogens is 631 g/mol. The van der Waals surface area contributed by atoms with E-state index in [0.29, 0.717) is 20.3 Å². The third-order valence-corrected chi connectivity index (χ3v) is 4.73. The number of ether oxygens (including phenoxy) is 3. The van der Waals surface area contributed by atoms with Crippen LogP contribution in [0.5, 0.6) is 5.75 Å². The number of rotatable bonds is 10. The van der Waals surface area contributed by atoms with Crippen molar-refractivity contribution in [3.05, 3.63) is 41.2 Å². The van der Waals surface area contributed by atoms with Crippen molar-refractivity contribution in [1.29, 1.82) is 0 Å². The number of methoxy groups -OCH3 is 2. The molecule has 0 aliphatic carbocycles. The number of alkyl halides is 15. The van der Waals surface area contributed by atoms with E-state index >= 15 is 0 Å². The highest BCUT2D eigenvalue weighted by molar-refractivity contribution is 5.96. The van der Waals surface area contributed by atoms with Crippen LogP contribution in [0.3, 0.4) is 0 Å². The Morgan fingerprint density at radius 3 is 1.24 bits per heavy atom. The highest BCUT2D eigenvalue weighted by Gasteiger charge is 2.93. The number of esters is 2. The normalized spacial score (nSPS) is 14.8. The smallest absolute Gasteiger partial charge is 0.460 e. The van der Waals surface area contributed by atoms with E-state index in [1.807, 2.05) is 0 Å². The maximum atomic E-state index is 14.0. The second kappa shape index (κ2) is 10.7. The first kappa shape index (κ1) is 35.5. The average molecular weight is 640 g/mol. The zero-order valence-electron chi connectivity index (χ0n) is 19.2. The van der Waals surface area contributed by atoms with Gasteiger partial charge in [-0.1, -0.05) is 0 Å². The molecule has 0 aliphatic heterocycles. The summed E-state index contributed by atoms with van der Waals surface area (Å²) >= 11 is 0. The molecule has 1 rings (SSSR count). The van der Waals surface area contributed by atoms with Crippen LogP contribution in [0.4, 0.5) is 74.6 Å². The Labute approximate surface area is 214 Å². The summed E-state index contributed by atoms with van der Waals surface area (Å²) in [5, 5.41) is 0. The van der Waals surface area contributed by atoms with E-state index in [4.69, 9.17) is 0 Å². The SMILES string of the molecule is COC(=O)c1cc(OC(F)=C(F)C(F)(F)C(F)(F)C(F)(F)C(F)(F)C(F)(F)C(F)(F)C(F)(F)F)cc(C(=O)OC)c1. The number of carbonyl (C=O) groups excluding carboxylic acids is 2. The van der Waals surface area contributed by atoms with Crippen LogP contribution in [0.25, 0.3) is 0 Å². The van der Waals surface area contributed by atoms with Crippen molar-refractivity contribution < 1.29 is 98.4 Å². The Morgan fingerprint density at radius 1 is 0.561 bits per heavy atom. The third kappa shape index (κ3) is 5.55. The topological polar surface area (TPSA) is 61.8 Å². The standard InChI is InChI=1S/C19H9F17O5/c1-39-11(37)6-3-7(12(38)40-2)5-8(4-6)41-10(21)9(20)13(22,23)14(24,25)15(26,27)16(28,29)17(30,31)18(32,33)19(34,35)36/h3-5H,1-2H3. The predicted molar refractivity (Wildman–Crippen MR) is 94.7 cm³/mol. The summed E-state index contributed by atoms with van der Waals surface area (Å²) in [6.07, 6.45) is -7.85. The molecule has 0 aromatic heterocycles. The summed E-state index contributed by atoms with van der Waals surface area (Å²) < 4.78 is 238. The minimum Gasteiger partial charge on any atom is -0.465 e. The van der Waals surface area contributed by atoms with Crippen molar-refractivity contribution in [3.63, 3.8) is 0 Å². The van der Waals surface area contributed by atoms with E-state index < -0.39 is 82.4 Å². The van der Waals surface area contributed by atoms with Crippen LogP contribution >= 0.6 is 0 Å². The van der Waals surface area contributed by atoms with Gasteiger partial charge in [0.15, 0.2) is 0 Å². The van der Waals surface area contributed by atoms with Crippen LogP contribution in [0, 0.1) is 0 Å². The number of allylic oxidation sites excluding steroid dienone is 1. The molecule has 0 radical (unpaired) electrons. The van der Waals surface area contributed by atoms with Crippen molar-refractivity contribution in [2.75, 3.05) is 14.2 Å². The molecule has 0 bridgehead atoms. The van der Waals surface area contributed by atoms with Gasteiger partial charge in [-0.15, -0.1) is 0 Å². The van der Waals surface area contributed by atoms with Crippen LogP contribution < -0.4 is 4.74 Å². The molecular formula is C19H9F17O5. The Kier molecular flexibility index (Phi) is 9.30. The molecule has 0 saturated heterocycles. The molecule has 22 heteroatoms. The summed E-state index contributed by atoms with van der Waals surface area (Å²) in [5.41, 5.74) is -1.73. The Morgan fingerprint density at radius 2 is 0.902 bits per heavy atom. The van der Waals surface area contributed by atoms with Crippen molar-refractivity contribution in [1.82, 2.24) is 0 Å². The number of benzene rings is 1. The van der Waals surface area contributed by atoms with Crippen molar-refractivity contribution in [2.24, 2.45) is 0 Å². The molecule has 0 aliphatic rings. The molecule has 41 heavy (non-hydrogen) atoms. The first-order valence-electron chi connectivity index (χ1n) is 9.49. The van der Waals surface area contributed by atoms with E-state index in [1.165, 1.54) is 0 Å². The van der Waals surface area contributed by atoms with Crippen LogP contribution in [-0.4, -0.2) is 67.9 Å². The van der Waals surface area contributed by atoms with E-state index in [0.717, 1.165) is 0 Å². The van der Waals surface area contributed by atoms with Crippen molar-refractivity contribution >= 4 is 11.9 Å². The molecule has 1 aromatic carbocycles. The quantitative estimate of drug-likeness (QED) is 0.155. The first-order valence-corrected chi connectivity index (χ1v) is 9.49. The van der Waals surface area contributed by atoms with Gasteiger partial charge in [-0.2, -0.15) is 74.6 Å². The zero-order valence-corrected chi connectivity index (χ0v) is 19.2. The summed E-state index contributed by atoms with van der Waals surface area (Å²) in [6.45, 7) is 0. The molecule has 0 fully saturated rings. The highest BCUT2D eigenvalue weighted by atomic mass is 19.4. The number of hydrogen-bond donors (Lipinski definition) is 0. The molecule has 234 valence electrons. The summed E-state index contributed by atoms with van der Waals surface area (Å²) in [5.74, 6) is -59.4. The molecule has 0 saturated carbocycles. The fraction of sp³-hybridized carbons (Fsp3) is 0.474. The first-order chi connectivity index (χ1) is 18.1. The van der Waals surface area contributed by atoms with E-state index in [2.05, 4.69) is 14.2 Å². The summed E-state index contributed by atoms with van der Waals surface area (Å²) in [6, 6.07) is -2.79. The van der Waals surface area contributed by atoms with Gasteiger partial charge in [0.05, 0.1) is 25.3 Å². The lowest BCUT2D eigenvalue weighted by molar-refractivity contribution is -0.451. The van der Waals surface area contributed by atoms with Gasteiger partial charge in [0.25, 0.3) is 0 Å². The number of carbonyl (C=O) groups is 2.